The molecular formula is C11H16N6O2S. The van der Waals surface area contributed by atoms with Crippen molar-refractivity contribution in [2.75, 3.05) is 0 Å². The fourth-order valence-corrected chi connectivity index (χ4v) is 2.51. The lowest BCUT2D eigenvalue weighted by Crippen LogP contribution is -2.22. The highest BCUT2D eigenvalue weighted by Gasteiger charge is 2.26. The van der Waals surface area contributed by atoms with Gasteiger partial charge in [-0.3, -0.25) is 4.79 Å². The number of carboxylic acid groups (broad SMARTS) is 1. The van der Waals surface area contributed by atoms with Gasteiger partial charge in [0.05, 0.1) is 18.7 Å². The summed E-state index contributed by atoms with van der Waals surface area (Å²) in [6.45, 7) is 6.17. The first kappa shape index (κ1) is 14.5. The first-order valence-corrected chi connectivity index (χ1v) is 6.91. The molecular weight excluding hydrogens is 280 g/mol. The Morgan fingerprint density at radius 3 is 2.80 bits per heavy atom. The summed E-state index contributed by atoms with van der Waals surface area (Å²) in [7, 11) is 0. The smallest absolute Gasteiger partial charge is 0.305 e. The normalized spacial score (nSPS) is 13.3. The van der Waals surface area contributed by atoms with Crippen LogP contribution in [0.15, 0.2) is 6.20 Å². The fraction of sp³-hybridized carbons (Fsp3) is 0.636. The molecule has 0 amide bonds. The van der Waals surface area contributed by atoms with Gasteiger partial charge >= 0.3 is 5.97 Å². The average molecular weight is 296 g/mol. The van der Waals surface area contributed by atoms with E-state index in [4.69, 9.17) is 5.11 Å². The van der Waals surface area contributed by atoms with Crippen molar-refractivity contribution in [3.63, 3.8) is 0 Å². The van der Waals surface area contributed by atoms with E-state index < -0.39 is 5.97 Å². The van der Waals surface area contributed by atoms with Crippen LogP contribution in [0.2, 0.25) is 0 Å². The topological polar surface area (TPSA) is 107 Å². The summed E-state index contributed by atoms with van der Waals surface area (Å²) in [5.41, 5.74) is -0.0325. The van der Waals surface area contributed by atoms with E-state index in [1.54, 1.807) is 10.9 Å². The third-order valence-corrected chi connectivity index (χ3v) is 3.34. The summed E-state index contributed by atoms with van der Waals surface area (Å²) in [4.78, 5) is 11.8. The zero-order valence-corrected chi connectivity index (χ0v) is 12.3. The third kappa shape index (κ3) is 3.56. The Morgan fingerprint density at radius 1 is 1.50 bits per heavy atom. The summed E-state index contributed by atoms with van der Waals surface area (Å²) in [5, 5.41) is 24.4. The second-order valence-corrected chi connectivity index (χ2v) is 6.53. The van der Waals surface area contributed by atoms with Gasteiger partial charge in [-0.25, -0.2) is 4.68 Å². The van der Waals surface area contributed by atoms with Gasteiger partial charge in [0.15, 0.2) is 5.82 Å². The van der Waals surface area contributed by atoms with E-state index >= 15 is 0 Å². The van der Waals surface area contributed by atoms with Crippen LogP contribution in [-0.4, -0.2) is 40.9 Å². The number of aromatic nitrogens is 6. The van der Waals surface area contributed by atoms with Gasteiger partial charge in [0.1, 0.15) is 4.88 Å². The van der Waals surface area contributed by atoms with Crippen LogP contribution in [0.5, 0.6) is 0 Å². The molecule has 9 heteroatoms. The Morgan fingerprint density at radius 2 is 2.25 bits per heavy atom. The molecule has 0 bridgehead atoms. The van der Waals surface area contributed by atoms with Gasteiger partial charge in [-0.15, -0.1) is 10.2 Å². The van der Waals surface area contributed by atoms with Gasteiger partial charge < -0.3 is 5.11 Å². The Balaban J connectivity index is 2.34. The van der Waals surface area contributed by atoms with E-state index in [1.807, 2.05) is 0 Å². The number of carbonyl (C=O) groups is 1. The standard InChI is InChI=1S/C11H16N6O2S/c1-11(2,3)5-7(4-9(18)19)17-10(13-14-15-17)8-6-12-16-20-8/h6-7H,4-5H2,1-3H3,(H,18,19). The molecule has 1 unspecified atom stereocenters. The second-order valence-electron chi connectivity index (χ2n) is 5.75. The monoisotopic (exact) mass is 296 g/mol. The number of rotatable bonds is 5. The molecule has 0 aliphatic carbocycles. The van der Waals surface area contributed by atoms with Gasteiger partial charge in [-0.05, 0) is 33.8 Å². The van der Waals surface area contributed by atoms with Crippen molar-refractivity contribution in [3.8, 4) is 10.7 Å². The molecule has 2 aromatic heterocycles. The van der Waals surface area contributed by atoms with Gasteiger partial charge in [-0.1, -0.05) is 25.3 Å². The molecule has 20 heavy (non-hydrogen) atoms. The lowest BCUT2D eigenvalue weighted by Gasteiger charge is -2.25. The van der Waals surface area contributed by atoms with Crippen LogP contribution >= 0.6 is 11.5 Å². The molecule has 2 heterocycles. The largest absolute Gasteiger partial charge is 0.481 e. The first-order valence-electron chi connectivity index (χ1n) is 6.14. The van der Waals surface area contributed by atoms with Crippen molar-refractivity contribution in [3.05, 3.63) is 6.20 Å². The molecule has 0 spiro atoms. The molecule has 0 fully saturated rings. The highest BCUT2D eigenvalue weighted by molar-refractivity contribution is 7.09. The molecule has 0 saturated heterocycles. The van der Waals surface area contributed by atoms with Gasteiger partial charge in [0, 0.05) is 0 Å². The maximum atomic E-state index is 11.1. The quantitative estimate of drug-likeness (QED) is 0.893. The minimum absolute atomic E-state index is 0.0262. The summed E-state index contributed by atoms with van der Waals surface area (Å²) >= 11 is 1.18. The van der Waals surface area contributed by atoms with E-state index in [0.29, 0.717) is 12.2 Å². The zero-order valence-electron chi connectivity index (χ0n) is 11.5. The van der Waals surface area contributed by atoms with Crippen LogP contribution < -0.4 is 0 Å². The molecule has 2 aromatic rings. The Hall–Kier alpha value is -1.90. The van der Waals surface area contributed by atoms with E-state index in [9.17, 15) is 4.79 Å². The van der Waals surface area contributed by atoms with E-state index in [2.05, 4.69) is 45.9 Å². The number of aliphatic carboxylic acids is 1. The third-order valence-electron chi connectivity index (χ3n) is 2.68. The molecule has 2 rings (SSSR count). The van der Waals surface area contributed by atoms with Crippen LogP contribution in [-0.2, 0) is 4.79 Å². The number of carboxylic acids is 1. The fourth-order valence-electron chi connectivity index (χ4n) is 2.02. The molecule has 1 atom stereocenters. The van der Waals surface area contributed by atoms with Crippen molar-refractivity contribution >= 4 is 17.5 Å². The average Bonchev–Trinajstić information content (AvgIpc) is 2.96. The second kappa shape index (κ2) is 5.61. The van der Waals surface area contributed by atoms with Gasteiger partial charge in [-0.2, -0.15) is 0 Å². The molecule has 0 radical (unpaired) electrons. The summed E-state index contributed by atoms with van der Waals surface area (Å²) in [6.07, 6.45) is 2.20. The molecule has 0 aromatic carbocycles. The molecule has 0 saturated carbocycles. The van der Waals surface area contributed by atoms with E-state index in [-0.39, 0.29) is 17.9 Å². The van der Waals surface area contributed by atoms with Crippen LogP contribution in [0.1, 0.15) is 39.7 Å². The highest BCUT2D eigenvalue weighted by atomic mass is 32.1. The van der Waals surface area contributed by atoms with Crippen molar-refractivity contribution in [1.29, 1.82) is 0 Å². The lowest BCUT2D eigenvalue weighted by molar-refractivity contribution is -0.138. The van der Waals surface area contributed by atoms with Crippen LogP contribution in [0.4, 0.5) is 0 Å². The van der Waals surface area contributed by atoms with Gasteiger partial charge in [0.2, 0.25) is 0 Å². The van der Waals surface area contributed by atoms with Crippen LogP contribution in [0.25, 0.3) is 10.7 Å². The Labute approximate surface area is 120 Å². The lowest BCUT2D eigenvalue weighted by atomic mass is 9.87. The summed E-state index contributed by atoms with van der Waals surface area (Å²) in [6, 6.07) is -0.306. The molecule has 1 N–H and O–H groups in total. The number of nitrogens with zero attached hydrogens (tertiary/aromatic N) is 6. The predicted molar refractivity (Wildman–Crippen MR) is 72.1 cm³/mol. The minimum Gasteiger partial charge on any atom is -0.481 e. The molecule has 8 nitrogen and oxygen atoms in total. The summed E-state index contributed by atoms with van der Waals surface area (Å²) in [5.74, 6) is -0.362. The molecule has 108 valence electrons. The summed E-state index contributed by atoms with van der Waals surface area (Å²) < 4.78 is 5.34. The van der Waals surface area contributed by atoms with Crippen molar-refractivity contribution in [1.82, 2.24) is 29.8 Å². The minimum atomic E-state index is -0.872. The maximum Gasteiger partial charge on any atom is 0.305 e. The number of hydrogen-bond donors (Lipinski definition) is 1. The molecule has 0 aliphatic rings. The van der Waals surface area contributed by atoms with E-state index in [1.165, 1.54) is 11.5 Å². The van der Waals surface area contributed by atoms with Crippen LogP contribution in [0.3, 0.4) is 0 Å². The Bertz CT molecular complexity index is 574. The Kier molecular flexibility index (Phi) is 4.07. The predicted octanol–water partition coefficient (Wildman–Crippen LogP) is 1.64. The number of hydrogen-bond acceptors (Lipinski definition) is 7. The molecule has 0 aliphatic heterocycles. The van der Waals surface area contributed by atoms with E-state index in [0.717, 1.165) is 4.88 Å². The van der Waals surface area contributed by atoms with Gasteiger partial charge in [0.25, 0.3) is 0 Å². The van der Waals surface area contributed by atoms with Crippen molar-refractivity contribution in [2.45, 2.75) is 39.7 Å². The number of tetrazole rings is 1. The highest BCUT2D eigenvalue weighted by Crippen LogP contribution is 2.32. The maximum absolute atomic E-state index is 11.1. The SMILES string of the molecule is CC(C)(C)CC(CC(=O)O)n1nnnc1-c1cnns1. The first-order chi connectivity index (χ1) is 9.37. The van der Waals surface area contributed by atoms with Crippen molar-refractivity contribution in [2.24, 2.45) is 5.41 Å². The van der Waals surface area contributed by atoms with Crippen LogP contribution in [0, 0.1) is 5.41 Å². The van der Waals surface area contributed by atoms with Crippen molar-refractivity contribution < 1.29 is 9.90 Å². The zero-order chi connectivity index (χ0) is 14.8.